The molecule has 0 amide bonds. The van der Waals surface area contributed by atoms with E-state index in [0.29, 0.717) is 5.56 Å². The number of hydrogen-bond donors (Lipinski definition) is 1. The van der Waals surface area contributed by atoms with Crippen LogP contribution in [0.4, 0.5) is 5.69 Å². The van der Waals surface area contributed by atoms with Crippen LogP contribution in [0.15, 0.2) is 35.3 Å². The van der Waals surface area contributed by atoms with Gasteiger partial charge in [0.2, 0.25) is 0 Å². The molecule has 0 bridgehead atoms. The predicted octanol–water partition coefficient (Wildman–Crippen LogP) is 10.7. The van der Waals surface area contributed by atoms with Gasteiger partial charge in [0.05, 0.1) is 12.4 Å². The van der Waals surface area contributed by atoms with Gasteiger partial charge in [-0.05, 0) is 37.5 Å². The van der Waals surface area contributed by atoms with E-state index in [9.17, 15) is 14.7 Å². The molecule has 48 heavy (non-hydrogen) atoms. The maximum Gasteiger partial charge on any atom is 0.0627 e. The number of carbonyl (C=O) groups is 1. The molecule has 2 atom stereocenters. The van der Waals surface area contributed by atoms with Gasteiger partial charge in [0.15, 0.2) is 0 Å². The SMILES string of the molecule is CC(C)C.CCCC(O)CCC(C)CC.CCCCC(=Nc1cc2c(nc1C)CCCC2)[C](=O)[Hg].CCCCc1cccc([C-]=O)c1.[U]. The molecule has 0 radical (unpaired) electrons. The first-order valence-corrected chi connectivity index (χ1v) is 21.2. The minimum atomic E-state index is -0.0472. The number of carbonyl (C=O) groups excluding carboxylic acids is 2. The minimum Gasteiger partial charge on any atom is -0.376 e. The van der Waals surface area contributed by atoms with Gasteiger partial charge in [-0.2, -0.15) is 17.7 Å². The average Bonchev–Trinajstić information content (AvgIpc) is 3.05. The molecule has 0 saturated carbocycles. The number of aliphatic hydroxyl groups excluding tert-OH is 1. The summed E-state index contributed by atoms with van der Waals surface area (Å²) in [6.07, 6.45) is 18.4. The fraction of sp³-hybridized carbons (Fsp3) is 0.659. The van der Waals surface area contributed by atoms with Crippen molar-refractivity contribution in [3.63, 3.8) is 0 Å². The first kappa shape index (κ1) is 49.4. The number of aryl methyl sites for hydroxylation is 4. The largest absolute Gasteiger partial charge is 0.376 e. The van der Waals surface area contributed by atoms with Crippen LogP contribution in [0.3, 0.4) is 0 Å². The smallest absolute Gasteiger partial charge is 0.0627 e. The van der Waals surface area contributed by atoms with Gasteiger partial charge < -0.3 is 9.90 Å². The van der Waals surface area contributed by atoms with Crippen LogP contribution in [-0.4, -0.2) is 31.5 Å². The number of aromatic nitrogens is 1. The van der Waals surface area contributed by atoms with Crippen LogP contribution in [0, 0.1) is 49.9 Å². The third-order valence-corrected chi connectivity index (χ3v) is 9.57. The summed E-state index contributed by atoms with van der Waals surface area (Å²) < 4.78 is 0.274. The summed E-state index contributed by atoms with van der Waals surface area (Å²) in [5, 5.41) is 9.39. The number of aliphatic imine (C=N–C) groups is 1. The van der Waals surface area contributed by atoms with Crippen molar-refractivity contribution in [3.05, 3.63) is 58.4 Å². The number of fused-ring (bicyclic) bond motifs is 1. The Bertz CT molecular complexity index is 1170. The van der Waals surface area contributed by atoms with Crippen molar-refractivity contribution < 1.29 is 71.9 Å². The Morgan fingerprint density at radius 3 is 2.17 bits per heavy atom. The zero-order chi connectivity index (χ0) is 35.6. The van der Waals surface area contributed by atoms with Crippen LogP contribution >= 0.6 is 0 Å². The van der Waals surface area contributed by atoms with Crippen molar-refractivity contribution in [3.8, 4) is 0 Å². The first-order chi connectivity index (χ1) is 22.4. The summed E-state index contributed by atoms with van der Waals surface area (Å²) >= 11 is 0.123. The Hall–Kier alpha value is -0.673. The van der Waals surface area contributed by atoms with Gasteiger partial charge in [-0.1, -0.05) is 80.2 Å². The number of hydrogen-bond acceptors (Lipinski definition) is 5. The van der Waals surface area contributed by atoms with Crippen molar-refractivity contribution >= 4 is 21.0 Å². The van der Waals surface area contributed by atoms with E-state index in [1.165, 1.54) is 55.3 Å². The molecule has 1 aliphatic carbocycles. The van der Waals surface area contributed by atoms with Gasteiger partial charge in [0, 0.05) is 31.1 Å². The molecule has 2 aromatic rings. The fourth-order valence-electron chi connectivity index (χ4n) is 4.92. The molecule has 7 heteroatoms. The van der Waals surface area contributed by atoms with E-state index in [0.717, 1.165) is 86.7 Å². The number of benzene rings is 1. The van der Waals surface area contributed by atoms with Gasteiger partial charge in [0.25, 0.3) is 0 Å². The van der Waals surface area contributed by atoms with Crippen molar-refractivity contribution in [2.75, 3.05) is 0 Å². The van der Waals surface area contributed by atoms with Crippen LogP contribution in [0.2, 0.25) is 0 Å². The molecule has 0 aliphatic heterocycles. The summed E-state index contributed by atoms with van der Waals surface area (Å²) in [5.41, 5.74) is 7.12. The second kappa shape index (κ2) is 31.1. The number of aliphatic hydroxyl groups is 1. The number of unbranched alkanes of at least 4 members (excludes halogenated alkanes) is 2. The van der Waals surface area contributed by atoms with Crippen molar-refractivity contribution in [1.29, 1.82) is 0 Å². The Morgan fingerprint density at radius 2 is 1.60 bits per heavy atom. The number of pyridine rings is 1. The predicted molar refractivity (Wildman–Crippen MR) is 197 cm³/mol. The van der Waals surface area contributed by atoms with Gasteiger partial charge in [-0.3, -0.25) is 0 Å². The summed E-state index contributed by atoms with van der Waals surface area (Å²) in [5.74, 6) is 1.61. The van der Waals surface area contributed by atoms with Crippen molar-refractivity contribution in [2.24, 2.45) is 16.8 Å². The van der Waals surface area contributed by atoms with Crippen LogP contribution in [0.1, 0.15) is 161 Å². The Kier molecular flexibility index (Phi) is 32.0. The van der Waals surface area contributed by atoms with E-state index in [2.05, 4.69) is 72.5 Å². The summed E-state index contributed by atoms with van der Waals surface area (Å²) in [6, 6.07) is 9.81. The molecule has 1 aromatic carbocycles. The van der Waals surface area contributed by atoms with E-state index in [-0.39, 0.29) is 66.6 Å². The molecule has 0 fully saturated rings. The quantitative estimate of drug-likeness (QED) is 0.110. The molecule has 2 unspecified atom stereocenters. The van der Waals surface area contributed by atoms with E-state index >= 15 is 0 Å². The first-order valence-electron chi connectivity index (χ1n) is 18.5. The fourth-order valence-corrected chi connectivity index (χ4v) is 5.91. The maximum atomic E-state index is 11.8. The standard InChI is InChI=1S/C16H21N2O.C11H13O.C10H22O.C4H10.Hg.U/c1-3-4-8-14(11-19)18-16-10-13-7-5-6-9-15(13)17-12(16)2;1-2-3-5-10-6-4-7-11(8-10)9-12;1-4-6-10(11)8-7-9(3)5-2;1-4(2)3;;/h10H,3-9H2,1-2H3;4,6-8H,2-3,5H2,1H3;9-11H,4-8H2,1-3H3;4H,1-3H3;;/q;-1;;;;. The molecule has 1 N–H and O–H groups in total. The second-order valence-electron chi connectivity index (χ2n) is 13.7. The molecule has 1 aliphatic rings. The second-order valence-corrected chi connectivity index (χ2v) is 16.2. The van der Waals surface area contributed by atoms with Crippen molar-refractivity contribution in [1.82, 2.24) is 4.98 Å². The van der Waals surface area contributed by atoms with E-state index < -0.39 is 0 Å². The zero-order valence-corrected chi connectivity index (χ0v) is 41.8. The molecule has 0 spiro atoms. The summed E-state index contributed by atoms with van der Waals surface area (Å²) in [4.78, 5) is 31.5. The molecule has 265 valence electrons. The van der Waals surface area contributed by atoms with Crippen LogP contribution in [-0.2, 0) is 55.0 Å². The summed E-state index contributed by atoms with van der Waals surface area (Å²) in [7, 11) is 0. The minimum absolute atomic E-state index is 0. The molecule has 5 nitrogen and oxygen atoms in total. The van der Waals surface area contributed by atoms with Crippen LogP contribution in [0.25, 0.3) is 0 Å². The molecule has 1 heterocycles. The van der Waals surface area contributed by atoms with Crippen molar-refractivity contribution in [2.45, 2.75) is 165 Å². The zero-order valence-electron chi connectivity index (χ0n) is 32.1. The van der Waals surface area contributed by atoms with E-state index in [1.54, 1.807) is 6.07 Å². The third kappa shape index (κ3) is 24.5. The van der Waals surface area contributed by atoms with Crippen LogP contribution < -0.4 is 0 Å². The molecule has 1 aromatic heterocycles. The van der Waals surface area contributed by atoms with Crippen LogP contribution in [0.5, 0.6) is 0 Å². The maximum absolute atomic E-state index is 11.8. The van der Waals surface area contributed by atoms with Gasteiger partial charge in [-0.15, -0.1) is 11.6 Å². The molecular formula is C41H66HgN2O3U-. The van der Waals surface area contributed by atoms with Gasteiger partial charge in [-0.25, -0.2) is 0 Å². The Morgan fingerprint density at radius 1 is 0.958 bits per heavy atom. The normalized spacial score (nSPS) is 13.2. The Labute approximate surface area is 335 Å². The average molecular weight is 1070 g/mol. The molecular weight excluding hydrogens is 1010 g/mol. The monoisotopic (exact) mass is 1070 g/mol. The van der Waals surface area contributed by atoms with Gasteiger partial charge in [0.1, 0.15) is 0 Å². The molecule has 3 rings (SSSR count). The number of rotatable bonds is 15. The Balaban J connectivity index is 0. The topological polar surface area (TPSA) is 79.6 Å². The van der Waals surface area contributed by atoms with E-state index in [4.69, 9.17) is 4.98 Å². The van der Waals surface area contributed by atoms with Gasteiger partial charge >= 0.3 is 137 Å². The number of nitrogens with zero attached hydrogens (tertiary/aromatic N) is 2. The summed E-state index contributed by atoms with van der Waals surface area (Å²) in [6.45, 7) is 19.4. The third-order valence-electron chi connectivity index (χ3n) is 7.98. The van der Waals surface area contributed by atoms with E-state index in [1.807, 2.05) is 25.3 Å². The molecule has 0 saturated heterocycles.